The summed E-state index contributed by atoms with van der Waals surface area (Å²) in [6.07, 6.45) is 1.57. The molecule has 2 N–H and O–H groups in total. The molecular weight excluding hydrogens is 232 g/mol. The second kappa shape index (κ2) is 5.59. The molecule has 6 heteroatoms. The smallest absolute Gasteiger partial charge is 0.273 e. The van der Waals surface area contributed by atoms with Crippen LogP contribution in [-0.4, -0.2) is 54.4 Å². The van der Waals surface area contributed by atoms with Gasteiger partial charge in [0.1, 0.15) is 11.7 Å². The maximum atomic E-state index is 12.3. The first-order chi connectivity index (χ1) is 8.74. The highest BCUT2D eigenvalue weighted by Crippen LogP contribution is 2.09. The van der Waals surface area contributed by atoms with Crippen molar-refractivity contribution in [3.63, 3.8) is 0 Å². The van der Waals surface area contributed by atoms with Crippen LogP contribution >= 0.6 is 0 Å². The van der Waals surface area contributed by atoms with E-state index in [4.69, 9.17) is 0 Å². The van der Waals surface area contributed by atoms with Gasteiger partial charge < -0.3 is 15.5 Å². The van der Waals surface area contributed by atoms with Crippen molar-refractivity contribution in [1.82, 2.24) is 20.5 Å². The molecule has 0 aliphatic carbocycles. The molecule has 6 nitrogen and oxygen atoms in total. The molecule has 18 heavy (non-hydrogen) atoms. The Morgan fingerprint density at radius 2 is 2.33 bits per heavy atom. The van der Waals surface area contributed by atoms with Gasteiger partial charge in [-0.15, -0.1) is 0 Å². The van der Waals surface area contributed by atoms with Crippen LogP contribution in [0.25, 0.3) is 0 Å². The van der Waals surface area contributed by atoms with E-state index in [9.17, 15) is 9.59 Å². The third kappa shape index (κ3) is 2.48. The second-order valence-corrected chi connectivity index (χ2v) is 4.05. The molecule has 1 aliphatic heterocycles. The van der Waals surface area contributed by atoms with Crippen LogP contribution in [0.3, 0.4) is 0 Å². The number of pyridine rings is 1. The van der Waals surface area contributed by atoms with Crippen molar-refractivity contribution in [2.75, 3.05) is 26.7 Å². The minimum atomic E-state index is -0.474. The standard InChI is InChI=1S/C12H16N4O2/c1-13-11(17)10-8-14-6-7-16(10)12(18)9-4-2-3-5-15-9/h2-5,10,14H,6-8H2,1H3,(H,13,17). The summed E-state index contributed by atoms with van der Waals surface area (Å²) in [5.74, 6) is -0.364. The summed E-state index contributed by atoms with van der Waals surface area (Å²) in [4.78, 5) is 29.6. The van der Waals surface area contributed by atoms with Gasteiger partial charge in [0.25, 0.3) is 5.91 Å². The van der Waals surface area contributed by atoms with Gasteiger partial charge in [-0.25, -0.2) is 0 Å². The molecule has 1 aliphatic rings. The maximum Gasteiger partial charge on any atom is 0.273 e. The average molecular weight is 248 g/mol. The summed E-state index contributed by atoms with van der Waals surface area (Å²) in [6, 6.07) is 4.70. The molecule has 1 aromatic heterocycles. The maximum absolute atomic E-state index is 12.3. The molecule has 1 aromatic rings. The van der Waals surface area contributed by atoms with Crippen LogP contribution in [0, 0.1) is 0 Å². The number of rotatable bonds is 2. The quantitative estimate of drug-likeness (QED) is 0.721. The summed E-state index contributed by atoms with van der Waals surface area (Å²) in [7, 11) is 1.57. The van der Waals surface area contributed by atoms with Gasteiger partial charge in [0.05, 0.1) is 0 Å². The Kier molecular flexibility index (Phi) is 3.88. The first-order valence-corrected chi connectivity index (χ1v) is 5.88. The lowest BCUT2D eigenvalue weighted by Crippen LogP contribution is -2.59. The summed E-state index contributed by atoms with van der Waals surface area (Å²) >= 11 is 0. The van der Waals surface area contributed by atoms with Crippen LogP contribution in [0.15, 0.2) is 24.4 Å². The van der Waals surface area contributed by atoms with Gasteiger partial charge in [0.2, 0.25) is 5.91 Å². The Balaban J connectivity index is 2.19. The van der Waals surface area contributed by atoms with Crippen molar-refractivity contribution >= 4 is 11.8 Å². The monoisotopic (exact) mass is 248 g/mol. The number of likely N-dealkylation sites (N-methyl/N-ethyl adjacent to an activating group) is 1. The first-order valence-electron chi connectivity index (χ1n) is 5.88. The summed E-state index contributed by atoms with van der Waals surface area (Å²) in [5.41, 5.74) is 0.369. The number of amides is 2. The summed E-state index contributed by atoms with van der Waals surface area (Å²) in [6.45, 7) is 1.66. The average Bonchev–Trinajstić information content (AvgIpc) is 2.46. The van der Waals surface area contributed by atoms with Gasteiger partial charge in [-0.2, -0.15) is 0 Å². The number of aromatic nitrogens is 1. The van der Waals surface area contributed by atoms with E-state index >= 15 is 0 Å². The predicted molar refractivity (Wildman–Crippen MR) is 66.0 cm³/mol. The normalized spacial score (nSPS) is 19.4. The largest absolute Gasteiger partial charge is 0.357 e. The molecule has 0 radical (unpaired) electrons. The van der Waals surface area contributed by atoms with E-state index in [1.54, 1.807) is 36.3 Å². The zero-order chi connectivity index (χ0) is 13.0. The van der Waals surface area contributed by atoms with Gasteiger partial charge in [-0.3, -0.25) is 14.6 Å². The highest BCUT2D eigenvalue weighted by Gasteiger charge is 2.32. The molecule has 2 amide bonds. The Labute approximate surface area is 105 Å². The Morgan fingerprint density at radius 1 is 1.50 bits per heavy atom. The molecule has 0 aromatic carbocycles. The highest BCUT2D eigenvalue weighted by atomic mass is 16.2. The van der Waals surface area contributed by atoms with E-state index < -0.39 is 6.04 Å². The Hall–Kier alpha value is -1.95. The molecule has 1 saturated heterocycles. The second-order valence-electron chi connectivity index (χ2n) is 4.05. The fourth-order valence-electron chi connectivity index (χ4n) is 1.98. The van der Waals surface area contributed by atoms with Crippen molar-refractivity contribution in [1.29, 1.82) is 0 Å². The molecule has 0 bridgehead atoms. The lowest BCUT2D eigenvalue weighted by molar-refractivity contribution is -0.125. The number of carbonyl (C=O) groups excluding carboxylic acids is 2. The molecule has 0 spiro atoms. The van der Waals surface area contributed by atoms with E-state index in [1.807, 2.05) is 0 Å². The number of nitrogens with one attached hydrogen (secondary N) is 2. The minimum absolute atomic E-state index is 0.161. The fourth-order valence-corrected chi connectivity index (χ4v) is 1.98. The number of piperazine rings is 1. The van der Waals surface area contributed by atoms with Crippen molar-refractivity contribution < 1.29 is 9.59 Å². The van der Waals surface area contributed by atoms with Gasteiger partial charge in [0, 0.05) is 32.9 Å². The van der Waals surface area contributed by atoms with Gasteiger partial charge in [-0.1, -0.05) is 6.07 Å². The Morgan fingerprint density at radius 3 is 3.00 bits per heavy atom. The van der Waals surface area contributed by atoms with Crippen molar-refractivity contribution in [3.05, 3.63) is 30.1 Å². The number of nitrogens with zero attached hydrogens (tertiary/aromatic N) is 2. The Bertz CT molecular complexity index is 435. The molecule has 1 atom stereocenters. The molecule has 1 fully saturated rings. The van der Waals surface area contributed by atoms with E-state index in [0.29, 0.717) is 25.3 Å². The zero-order valence-corrected chi connectivity index (χ0v) is 10.2. The predicted octanol–water partition coefficient (Wildman–Crippen LogP) is -0.758. The van der Waals surface area contributed by atoms with Crippen LogP contribution in [0.4, 0.5) is 0 Å². The molecule has 2 heterocycles. The summed E-state index contributed by atoms with van der Waals surface area (Å²) in [5, 5.41) is 5.69. The van der Waals surface area contributed by atoms with Gasteiger partial charge in [-0.05, 0) is 12.1 Å². The lowest BCUT2D eigenvalue weighted by atomic mass is 10.1. The van der Waals surface area contributed by atoms with E-state index in [1.165, 1.54) is 0 Å². The third-order valence-corrected chi connectivity index (χ3v) is 2.94. The number of carbonyl (C=O) groups is 2. The molecule has 0 saturated carbocycles. The van der Waals surface area contributed by atoms with Crippen molar-refractivity contribution in [2.24, 2.45) is 0 Å². The number of hydrogen-bond donors (Lipinski definition) is 2. The van der Waals surface area contributed by atoms with Crippen LogP contribution in [0.2, 0.25) is 0 Å². The van der Waals surface area contributed by atoms with Gasteiger partial charge in [0.15, 0.2) is 0 Å². The highest BCUT2D eigenvalue weighted by molar-refractivity contribution is 5.96. The zero-order valence-electron chi connectivity index (χ0n) is 10.2. The van der Waals surface area contributed by atoms with E-state index in [0.717, 1.165) is 0 Å². The fraction of sp³-hybridized carbons (Fsp3) is 0.417. The number of hydrogen-bond acceptors (Lipinski definition) is 4. The van der Waals surface area contributed by atoms with Crippen molar-refractivity contribution in [3.8, 4) is 0 Å². The van der Waals surface area contributed by atoms with Crippen LogP contribution in [0.1, 0.15) is 10.5 Å². The molecule has 2 rings (SSSR count). The molecule has 96 valence electrons. The van der Waals surface area contributed by atoms with Crippen LogP contribution < -0.4 is 10.6 Å². The third-order valence-electron chi connectivity index (χ3n) is 2.94. The SMILES string of the molecule is CNC(=O)C1CNCCN1C(=O)c1ccccn1. The van der Waals surface area contributed by atoms with Crippen LogP contribution in [-0.2, 0) is 4.79 Å². The minimum Gasteiger partial charge on any atom is -0.357 e. The first kappa shape index (κ1) is 12.5. The van der Waals surface area contributed by atoms with E-state index in [-0.39, 0.29) is 11.8 Å². The molecule has 1 unspecified atom stereocenters. The van der Waals surface area contributed by atoms with Crippen LogP contribution in [0.5, 0.6) is 0 Å². The lowest BCUT2D eigenvalue weighted by Gasteiger charge is -2.34. The summed E-state index contributed by atoms with van der Waals surface area (Å²) < 4.78 is 0. The van der Waals surface area contributed by atoms with E-state index in [2.05, 4.69) is 15.6 Å². The molecular formula is C12H16N4O2. The van der Waals surface area contributed by atoms with Gasteiger partial charge >= 0.3 is 0 Å². The van der Waals surface area contributed by atoms with Crippen molar-refractivity contribution in [2.45, 2.75) is 6.04 Å². The topological polar surface area (TPSA) is 74.3 Å².